The molecule has 1 saturated heterocycles. The standard InChI is InChI=1S/C15H20N2O2/c1-10(18)17-6-5-12-14(2,3)13(19)11(8-16)7-15(12,4)9-17/h7,12H,5-6,9H2,1-4H3. The van der Waals surface area contributed by atoms with Crippen molar-refractivity contribution in [2.24, 2.45) is 16.7 Å². The van der Waals surface area contributed by atoms with E-state index in [1.54, 1.807) is 13.0 Å². The maximum Gasteiger partial charge on any atom is 0.219 e. The van der Waals surface area contributed by atoms with E-state index in [0.29, 0.717) is 13.1 Å². The summed E-state index contributed by atoms with van der Waals surface area (Å²) in [5.41, 5.74) is -0.571. The summed E-state index contributed by atoms with van der Waals surface area (Å²) in [6.07, 6.45) is 2.60. The Morgan fingerprint density at radius 3 is 2.63 bits per heavy atom. The van der Waals surface area contributed by atoms with Crippen LogP contribution >= 0.6 is 0 Å². The number of ketones is 1. The quantitative estimate of drug-likeness (QED) is 0.668. The monoisotopic (exact) mass is 260 g/mol. The van der Waals surface area contributed by atoms with Crippen molar-refractivity contribution in [1.82, 2.24) is 4.90 Å². The third-order valence-electron chi connectivity index (χ3n) is 4.76. The first-order chi connectivity index (χ1) is 8.72. The predicted octanol–water partition coefficient (Wildman–Crippen LogP) is 1.92. The van der Waals surface area contributed by atoms with Crippen molar-refractivity contribution in [2.75, 3.05) is 13.1 Å². The highest BCUT2D eigenvalue weighted by Crippen LogP contribution is 2.51. The van der Waals surface area contributed by atoms with Crippen LogP contribution in [0.15, 0.2) is 11.6 Å². The number of fused-ring (bicyclic) bond motifs is 1. The molecule has 2 aliphatic rings. The number of nitriles is 1. The summed E-state index contributed by atoms with van der Waals surface area (Å²) in [7, 11) is 0. The Kier molecular flexibility index (Phi) is 3.04. The highest BCUT2D eigenvalue weighted by atomic mass is 16.2. The van der Waals surface area contributed by atoms with Gasteiger partial charge >= 0.3 is 0 Å². The Morgan fingerprint density at radius 2 is 2.11 bits per heavy atom. The number of carbonyl (C=O) groups excluding carboxylic acids is 2. The number of piperidine rings is 1. The molecule has 0 radical (unpaired) electrons. The zero-order valence-corrected chi connectivity index (χ0v) is 12.0. The second kappa shape index (κ2) is 4.19. The summed E-state index contributed by atoms with van der Waals surface area (Å²) in [6.45, 7) is 8.75. The lowest BCUT2D eigenvalue weighted by Gasteiger charge is -2.52. The van der Waals surface area contributed by atoms with Crippen molar-refractivity contribution in [1.29, 1.82) is 5.26 Å². The van der Waals surface area contributed by atoms with Crippen LogP contribution in [0.25, 0.3) is 0 Å². The molecule has 4 nitrogen and oxygen atoms in total. The van der Waals surface area contributed by atoms with Gasteiger partial charge < -0.3 is 4.90 Å². The smallest absolute Gasteiger partial charge is 0.219 e. The molecule has 2 atom stereocenters. The van der Waals surface area contributed by atoms with Crippen LogP contribution in [0.1, 0.15) is 34.1 Å². The minimum absolute atomic E-state index is 0.0567. The average molecular weight is 260 g/mol. The van der Waals surface area contributed by atoms with E-state index in [1.165, 1.54) is 0 Å². The summed E-state index contributed by atoms with van der Waals surface area (Å²) in [5.74, 6) is 0.176. The fraction of sp³-hybridized carbons (Fsp3) is 0.667. The first-order valence-electron chi connectivity index (χ1n) is 6.65. The van der Waals surface area contributed by atoms with Crippen molar-refractivity contribution in [3.8, 4) is 6.07 Å². The molecule has 1 heterocycles. The maximum absolute atomic E-state index is 12.3. The van der Waals surface area contributed by atoms with Gasteiger partial charge in [-0.1, -0.05) is 26.8 Å². The Hall–Kier alpha value is -1.63. The van der Waals surface area contributed by atoms with Gasteiger partial charge in [0.05, 0.1) is 5.57 Å². The molecular formula is C15H20N2O2. The van der Waals surface area contributed by atoms with E-state index in [4.69, 9.17) is 5.26 Å². The number of amides is 1. The van der Waals surface area contributed by atoms with E-state index in [1.807, 2.05) is 24.8 Å². The normalized spacial score (nSPS) is 33.2. The lowest BCUT2D eigenvalue weighted by Crippen LogP contribution is -2.56. The van der Waals surface area contributed by atoms with E-state index in [-0.39, 0.29) is 28.6 Å². The van der Waals surface area contributed by atoms with E-state index in [2.05, 4.69) is 6.92 Å². The Bertz CT molecular complexity index is 513. The molecule has 0 aromatic rings. The van der Waals surface area contributed by atoms with Gasteiger partial charge in [0.15, 0.2) is 5.78 Å². The van der Waals surface area contributed by atoms with Crippen LogP contribution in [-0.4, -0.2) is 29.7 Å². The van der Waals surface area contributed by atoms with Gasteiger partial charge in [-0.3, -0.25) is 9.59 Å². The fourth-order valence-corrected chi connectivity index (χ4v) is 3.80. The molecule has 1 aliphatic heterocycles. The number of hydrogen-bond acceptors (Lipinski definition) is 3. The predicted molar refractivity (Wildman–Crippen MR) is 71.0 cm³/mol. The van der Waals surface area contributed by atoms with E-state index in [9.17, 15) is 9.59 Å². The van der Waals surface area contributed by atoms with Crippen LogP contribution in [-0.2, 0) is 9.59 Å². The first kappa shape index (κ1) is 13.8. The van der Waals surface area contributed by atoms with Crippen LogP contribution in [0.2, 0.25) is 0 Å². The van der Waals surface area contributed by atoms with Gasteiger partial charge in [-0.15, -0.1) is 0 Å². The summed E-state index contributed by atoms with van der Waals surface area (Å²) in [6, 6.07) is 2.02. The topological polar surface area (TPSA) is 61.2 Å². The van der Waals surface area contributed by atoms with E-state index in [0.717, 1.165) is 6.42 Å². The molecule has 0 aromatic carbocycles. The highest BCUT2D eigenvalue weighted by Gasteiger charge is 2.53. The summed E-state index contributed by atoms with van der Waals surface area (Å²) in [5, 5.41) is 9.15. The zero-order chi connectivity index (χ0) is 14.4. The number of carbonyl (C=O) groups is 2. The largest absolute Gasteiger partial charge is 0.342 e. The van der Waals surface area contributed by atoms with Crippen LogP contribution < -0.4 is 0 Å². The van der Waals surface area contributed by atoms with Gasteiger partial charge in [0, 0.05) is 30.8 Å². The minimum atomic E-state index is -0.530. The van der Waals surface area contributed by atoms with Gasteiger partial charge in [-0.2, -0.15) is 5.26 Å². The molecule has 19 heavy (non-hydrogen) atoms. The average Bonchev–Trinajstić information content (AvgIpc) is 2.33. The van der Waals surface area contributed by atoms with Crippen molar-refractivity contribution in [3.63, 3.8) is 0 Å². The number of rotatable bonds is 0. The van der Waals surface area contributed by atoms with Gasteiger partial charge in [-0.25, -0.2) is 0 Å². The molecule has 0 spiro atoms. The van der Waals surface area contributed by atoms with Crippen molar-refractivity contribution >= 4 is 11.7 Å². The van der Waals surface area contributed by atoms with Gasteiger partial charge in [0.1, 0.15) is 6.07 Å². The summed E-state index contributed by atoms with van der Waals surface area (Å²) < 4.78 is 0. The van der Waals surface area contributed by atoms with Gasteiger partial charge in [0.2, 0.25) is 5.91 Å². The molecule has 2 unspecified atom stereocenters. The van der Waals surface area contributed by atoms with Crippen LogP contribution in [0, 0.1) is 28.1 Å². The van der Waals surface area contributed by atoms with Crippen LogP contribution in [0.3, 0.4) is 0 Å². The first-order valence-corrected chi connectivity index (χ1v) is 6.65. The Morgan fingerprint density at radius 1 is 1.47 bits per heavy atom. The molecule has 1 amide bonds. The molecule has 0 aromatic heterocycles. The van der Waals surface area contributed by atoms with Gasteiger partial charge in [0.25, 0.3) is 0 Å². The van der Waals surface area contributed by atoms with Crippen LogP contribution in [0.4, 0.5) is 0 Å². The van der Waals surface area contributed by atoms with Crippen molar-refractivity contribution in [2.45, 2.75) is 34.1 Å². The molecular weight excluding hydrogens is 240 g/mol. The van der Waals surface area contributed by atoms with Crippen molar-refractivity contribution < 1.29 is 9.59 Å². The van der Waals surface area contributed by atoms with Crippen molar-refractivity contribution in [3.05, 3.63) is 11.6 Å². The molecule has 1 aliphatic carbocycles. The Labute approximate surface area is 114 Å². The second-order valence-corrected chi connectivity index (χ2v) is 6.51. The van der Waals surface area contributed by atoms with E-state index < -0.39 is 5.41 Å². The fourth-order valence-electron chi connectivity index (χ4n) is 3.80. The molecule has 0 N–H and O–H groups in total. The molecule has 102 valence electrons. The number of nitrogens with zero attached hydrogens (tertiary/aromatic N) is 2. The summed E-state index contributed by atoms with van der Waals surface area (Å²) >= 11 is 0. The third kappa shape index (κ3) is 1.98. The number of Topliss-reactive ketones (excluding diaryl/α,β-unsaturated/α-hetero) is 1. The SMILES string of the molecule is CC(=O)N1CCC2C(C)(C=C(C#N)C(=O)C2(C)C)C1. The third-order valence-corrected chi connectivity index (χ3v) is 4.76. The van der Waals surface area contributed by atoms with Crippen LogP contribution in [0.5, 0.6) is 0 Å². The number of hydrogen-bond donors (Lipinski definition) is 0. The van der Waals surface area contributed by atoms with Gasteiger partial charge in [-0.05, 0) is 12.3 Å². The highest BCUT2D eigenvalue weighted by molar-refractivity contribution is 6.04. The second-order valence-electron chi connectivity index (χ2n) is 6.51. The maximum atomic E-state index is 12.3. The molecule has 2 rings (SSSR count). The number of allylic oxidation sites excluding steroid dienone is 1. The van der Waals surface area contributed by atoms with E-state index >= 15 is 0 Å². The molecule has 0 saturated carbocycles. The molecule has 4 heteroatoms. The zero-order valence-electron chi connectivity index (χ0n) is 12.0. The molecule has 1 fully saturated rings. The molecule has 0 bridgehead atoms. The lowest BCUT2D eigenvalue weighted by atomic mass is 9.55. The number of likely N-dealkylation sites (tertiary alicyclic amines) is 1. The minimum Gasteiger partial charge on any atom is -0.342 e. The Balaban J connectivity index is 2.47. The lowest BCUT2D eigenvalue weighted by molar-refractivity contribution is -0.139. The summed E-state index contributed by atoms with van der Waals surface area (Å²) in [4.78, 5) is 25.7.